The molecule has 0 bridgehead atoms. The Morgan fingerprint density at radius 2 is 2.00 bits per heavy atom. The largest absolute Gasteiger partial charge is 0.493 e. The monoisotopic (exact) mass is 390 g/mol. The van der Waals surface area contributed by atoms with E-state index < -0.39 is 5.82 Å². The zero-order chi connectivity index (χ0) is 19.4. The smallest absolute Gasteiger partial charge is 0.163 e. The maximum absolute atomic E-state index is 14.1. The van der Waals surface area contributed by atoms with Crippen molar-refractivity contribution in [1.29, 1.82) is 0 Å². The number of rotatable bonds is 7. The summed E-state index contributed by atoms with van der Waals surface area (Å²) < 4.78 is 25.4. The normalized spacial score (nSPS) is 12.0. The second-order valence-corrected chi connectivity index (χ2v) is 6.43. The van der Waals surface area contributed by atoms with E-state index in [1.54, 1.807) is 31.4 Å². The third-order valence-corrected chi connectivity index (χ3v) is 4.32. The van der Waals surface area contributed by atoms with Gasteiger partial charge in [0.25, 0.3) is 0 Å². The van der Waals surface area contributed by atoms with E-state index in [2.05, 4.69) is 20.6 Å². The van der Waals surface area contributed by atoms with Crippen molar-refractivity contribution in [2.75, 3.05) is 26.1 Å². The number of ether oxygens (including phenoxy) is 2. The topological polar surface area (TPSA) is 68.3 Å². The molecule has 8 heteroatoms. The molecule has 3 rings (SSSR count). The first-order valence-electron chi connectivity index (χ1n) is 8.36. The zero-order valence-corrected chi connectivity index (χ0v) is 16.0. The first-order chi connectivity index (χ1) is 13.0. The van der Waals surface area contributed by atoms with Crippen molar-refractivity contribution in [3.63, 3.8) is 0 Å². The van der Waals surface area contributed by atoms with Crippen LogP contribution in [0.3, 0.4) is 0 Å². The van der Waals surface area contributed by atoms with Gasteiger partial charge in [0.1, 0.15) is 24.6 Å². The van der Waals surface area contributed by atoms with Crippen molar-refractivity contribution in [3.05, 3.63) is 47.5 Å². The van der Waals surface area contributed by atoms with E-state index in [-0.39, 0.29) is 11.7 Å². The number of nitrogens with zero attached hydrogens (tertiary/aromatic N) is 2. The van der Waals surface area contributed by atoms with Crippen molar-refractivity contribution in [1.82, 2.24) is 15.3 Å². The van der Waals surface area contributed by atoms with Gasteiger partial charge >= 0.3 is 0 Å². The van der Waals surface area contributed by atoms with Gasteiger partial charge in [-0.1, -0.05) is 11.6 Å². The maximum atomic E-state index is 14.1. The van der Waals surface area contributed by atoms with Crippen LogP contribution in [0, 0.1) is 5.82 Å². The number of halogens is 2. The van der Waals surface area contributed by atoms with Crippen LogP contribution in [0.25, 0.3) is 10.9 Å². The zero-order valence-electron chi connectivity index (χ0n) is 15.2. The summed E-state index contributed by atoms with van der Waals surface area (Å²) in [6.07, 6.45) is 1.41. The lowest BCUT2D eigenvalue weighted by Crippen LogP contribution is -2.28. The number of likely N-dealkylation sites (N-methyl/N-ethyl adjacent to an activating group) is 1. The molecule has 3 aromatic rings. The van der Waals surface area contributed by atoms with E-state index in [1.807, 2.05) is 14.0 Å². The lowest BCUT2D eigenvalue weighted by atomic mass is 10.2. The van der Waals surface area contributed by atoms with Gasteiger partial charge in [-0.3, -0.25) is 0 Å². The minimum absolute atomic E-state index is 0.181. The SMILES string of the molecule is CNC(C)COc1cc2ncnc(Nc3ccc(Cl)cc3F)c2cc1OC. The number of fused-ring (bicyclic) bond motifs is 1. The Kier molecular flexibility index (Phi) is 5.93. The Bertz CT molecular complexity index is 954. The minimum Gasteiger partial charge on any atom is -0.493 e. The molecule has 0 radical (unpaired) electrons. The van der Waals surface area contributed by atoms with Gasteiger partial charge in [-0.05, 0) is 38.2 Å². The summed E-state index contributed by atoms with van der Waals surface area (Å²) in [7, 11) is 3.43. The third-order valence-electron chi connectivity index (χ3n) is 4.09. The highest BCUT2D eigenvalue weighted by atomic mass is 35.5. The summed E-state index contributed by atoms with van der Waals surface area (Å²) in [6, 6.07) is 8.13. The highest BCUT2D eigenvalue weighted by Crippen LogP contribution is 2.35. The predicted octanol–water partition coefficient (Wildman–Crippen LogP) is 4.16. The summed E-state index contributed by atoms with van der Waals surface area (Å²) in [5.74, 6) is 1.10. The first-order valence-corrected chi connectivity index (χ1v) is 8.74. The van der Waals surface area contributed by atoms with Crippen LogP contribution < -0.4 is 20.1 Å². The van der Waals surface area contributed by atoms with Gasteiger partial charge in [0.2, 0.25) is 0 Å². The Morgan fingerprint density at radius 3 is 2.70 bits per heavy atom. The van der Waals surface area contributed by atoms with Gasteiger partial charge in [0.15, 0.2) is 11.5 Å². The number of benzene rings is 2. The summed E-state index contributed by atoms with van der Waals surface area (Å²) in [6.45, 7) is 2.49. The Labute approximate surface area is 161 Å². The molecule has 1 heterocycles. The second-order valence-electron chi connectivity index (χ2n) is 5.99. The third kappa shape index (κ3) is 4.37. The van der Waals surface area contributed by atoms with E-state index >= 15 is 0 Å². The van der Waals surface area contributed by atoms with Gasteiger partial charge in [0, 0.05) is 22.5 Å². The Morgan fingerprint density at radius 1 is 1.19 bits per heavy atom. The van der Waals surface area contributed by atoms with E-state index in [1.165, 1.54) is 12.4 Å². The Hall–Kier alpha value is -2.64. The van der Waals surface area contributed by atoms with Crippen LogP contribution in [-0.4, -0.2) is 36.8 Å². The standard InChI is InChI=1S/C19H20ClFN4O2/c1-11(22-2)9-27-18-8-16-13(7-17(18)26-3)19(24-10-23-16)25-15-5-4-12(20)6-14(15)21/h4-8,10-11,22H,9H2,1-3H3,(H,23,24,25). The summed E-state index contributed by atoms with van der Waals surface area (Å²) >= 11 is 5.81. The molecular formula is C19H20ClFN4O2. The molecule has 0 aliphatic heterocycles. The van der Waals surface area contributed by atoms with Gasteiger partial charge in [-0.15, -0.1) is 0 Å². The maximum Gasteiger partial charge on any atom is 0.163 e. The fourth-order valence-corrected chi connectivity index (χ4v) is 2.61. The van der Waals surface area contributed by atoms with Crippen LogP contribution in [0.4, 0.5) is 15.9 Å². The van der Waals surface area contributed by atoms with Gasteiger partial charge in [-0.2, -0.15) is 0 Å². The van der Waals surface area contributed by atoms with E-state index in [4.69, 9.17) is 21.1 Å². The van der Waals surface area contributed by atoms with Crippen LogP contribution in [-0.2, 0) is 0 Å². The molecule has 0 saturated carbocycles. The van der Waals surface area contributed by atoms with Gasteiger partial charge in [-0.25, -0.2) is 14.4 Å². The van der Waals surface area contributed by atoms with Crippen molar-refractivity contribution < 1.29 is 13.9 Å². The molecular weight excluding hydrogens is 371 g/mol. The number of hydrogen-bond donors (Lipinski definition) is 2. The molecule has 0 aliphatic carbocycles. The van der Waals surface area contributed by atoms with Crippen LogP contribution >= 0.6 is 11.6 Å². The van der Waals surface area contributed by atoms with E-state index in [0.717, 1.165) is 0 Å². The molecule has 27 heavy (non-hydrogen) atoms. The molecule has 0 saturated heterocycles. The van der Waals surface area contributed by atoms with Gasteiger partial charge in [0.05, 0.1) is 18.3 Å². The molecule has 1 atom stereocenters. The van der Waals surface area contributed by atoms with Crippen molar-refractivity contribution in [2.45, 2.75) is 13.0 Å². The van der Waals surface area contributed by atoms with Crippen molar-refractivity contribution in [2.24, 2.45) is 0 Å². The number of anilines is 2. The van der Waals surface area contributed by atoms with Crippen molar-refractivity contribution in [3.8, 4) is 11.5 Å². The van der Waals surface area contributed by atoms with E-state index in [9.17, 15) is 4.39 Å². The molecule has 0 spiro atoms. The summed E-state index contributed by atoms with van der Waals surface area (Å²) in [5, 5.41) is 7.09. The molecule has 2 N–H and O–H groups in total. The number of aromatic nitrogens is 2. The lowest BCUT2D eigenvalue weighted by Gasteiger charge is -2.16. The summed E-state index contributed by atoms with van der Waals surface area (Å²) in [4.78, 5) is 8.52. The molecule has 0 fully saturated rings. The molecule has 2 aromatic carbocycles. The second kappa shape index (κ2) is 8.37. The quantitative estimate of drug-likeness (QED) is 0.631. The molecule has 0 aliphatic rings. The molecule has 1 aromatic heterocycles. The average Bonchev–Trinajstić information content (AvgIpc) is 2.67. The van der Waals surface area contributed by atoms with Crippen LogP contribution in [0.1, 0.15) is 6.92 Å². The first kappa shape index (κ1) is 19.1. The highest BCUT2D eigenvalue weighted by Gasteiger charge is 2.14. The number of hydrogen-bond acceptors (Lipinski definition) is 6. The Balaban J connectivity index is 1.97. The predicted molar refractivity (Wildman–Crippen MR) is 105 cm³/mol. The summed E-state index contributed by atoms with van der Waals surface area (Å²) in [5.41, 5.74) is 0.913. The van der Waals surface area contributed by atoms with Crippen LogP contribution in [0.5, 0.6) is 11.5 Å². The highest BCUT2D eigenvalue weighted by molar-refractivity contribution is 6.30. The van der Waals surface area contributed by atoms with Crippen LogP contribution in [0.15, 0.2) is 36.7 Å². The van der Waals surface area contributed by atoms with Crippen molar-refractivity contribution >= 4 is 34.0 Å². The minimum atomic E-state index is -0.470. The van der Waals surface area contributed by atoms with E-state index in [0.29, 0.717) is 39.8 Å². The van der Waals surface area contributed by atoms with Gasteiger partial charge < -0.3 is 20.1 Å². The van der Waals surface area contributed by atoms with Crippen LogP contribution in [0.2, 0.25) is 5.02 Å². The molecule has 6 nitrogen and oxygen atoms in total. The molecule has 0 amide bonds. The molecule has 142 valence electrons. The molecule has 1 unspecified atom stereocenters. The lowest BCUT2D eigenvalue weighted by molar-refractivity contribution is 0.265. The fraction of sp³-hybridized carbons (Fsp3) is 0.263. The average molecular weight is 391 g/mol. The number of methoxy groups -OCH3 is 1. The fourth-order valence-electron chi connectivity index (χ4n) is 2.45. The number of nitrogens with one attached hydrogen (secondary N) is 2.